The van der Waals surface area contributed by atoms with E-state index < -0.39 is 21.7 Å². The molecule has 2 aromatic carbocycles. The number of rotatable bonds is 11. The molecule has 0 atom stereocenters. The zero-order valence-electron chi connectivity index (χ0n) is 23.8. The molecule has 0 fully saturated rings. The van der Waals surface area contributed by atoms with Crippen LogP contribution in [0.5, 0.6) is 11.5 Å². The van der Waals surface area contributed by atoms with Crippen LogP contribution in [0.25, 0.3) is 11.0 Å². The van der Waals surface area contributed by atoms with E-state index in [1.165, 1.54) is 20.3 Å². The molecule has 0 saturated carbocycles. The molecule has 0 unspecified atom stereocenters. The third kappa shape index (κ3) is 7.48. The van der Waals surface area contributed by atoms with Gasteiger partial charge in [-0.1, -0.05) is 17.3 Å². The first kappa shape index (κ1) is 30.2. The van der Waals surface area contributed by atoms with Crippen LogP contribution in [-0.2, 0) is 32.6 Å². The predicted molar refractivity (Wildman–Crippen MR) is 152 cm³/mol. The van der Waals surface area contributed by atoms with Crippen LogP contribution in [0, 0.1) is 0 Å². The van der Waals surface area contributed by atoms with Crippen LogP contribution < -0.4 is 24.8 Å². The molecule has 0 aliphatic heterocycles. The standard InChI is InChI=1S/C27H32N6O8S/c1-27(2,3)40-26(35)29-14-23(34)28-12-18-13-30-33(16-18)15-17-10-20(39-5)24-21(11-17)41-31-25(24)32-42(36,37)22-9-7-6-8-19(22)38-4/h6-11,13,16H,12,14-15H2,1-5H3,(H,28,34)(H,29,35)(H,31,32). The molecule has 0 aliphatic rings. The number of alkyl carbamates (subject to hydrolysis) is 1. The molecular formula is C27H32N6O8S. The van der Waals surface area contributed by atoms with E-state index in [0.29, 0.717) is 23.3 Å². The average Bonchev–Trinajstić information content (AvgIpc) is 3.55. The highest BCUT2D eigenvalue weighted by Gasteiger charge is 2.24. The van der Waals surface area contributed by atoms with Gasteiger partial charge in [0.15, 0.2) is 11.4 Å². The molecule has 4 aromatic rings. The van der Waals surface area contributed by atoms with Crippen LogP contribution in [0.1, 0.15) is 31.9 Å². The summed E-state index contributed by atoms with van der Waals surface area (Å²) in [6, 6.07) is 9.65. The van der Waals surface area contributed by atoms with Crippen LogP contribution in [0.15, 0.2) is 58.2 Å². The van der Waals surface area contributed by atoms with E-state index in [1.54, 1.807) is 68.2 Å². The monoisotopic (exact) mass is 600 g/mol. The van der Waals surface area contributed by atoms with Crippen molar-refractivity contribution in [1.82, 2.24) is 25.6 Å². The molecule has 2 amide bonds. The van der Waals surface area contributed by atoms with Gasteiger partial charge in [-0.05, 0) is 50.6 Å². The molecule has 2 heterocycles. The lowest BCUT2D eigenvalue weighted by atomic mass is 10.1. The normalized spacial score (nSPS) is 11.6. The predicted octanol–water partition coefficient (Wildman–Crippen LogP) is 3.03. The van der Waals surface area contributed by atoms with Crippen LogP contribution in [0.2, 0.25) is 0 Å². The molecule has 42 heavy (non-hydrogen) atoms. The second-order valence-electron chi connectivity index (χ2n) is 10.1. The van der Waals surface area contributed by atoms with Crippen LogP contribution in [0.4, 0.5) is 10.6 Å². The number of methoxy groups -OCH3 is 2. The Bertz CT molecular complexity index is 1690. The van der Waals surface area contributed by atoms with Crippen molar-refractivity contribution in [3.8, 4) is 11.5 Å². The number of carbonyl (C=O) groups excluding carboxylic acids is 2. The van der Waals surface area contributed by atoms with Crippen molar-refractivity contribution >= 4 is 38.8 Å². The summed E-state index contributed by atoms with van der Waals surface area (Å²) in [7, 11) is -1.21. The number of hydrogen-bond acceptors (Lipinski definition) is 10. The van der Waals surface area contributed by atoms with Crippen LogP contribution >= 0.6 is 0 Å². The maximum Gasteiger partial charge on any atom is 0.408 e. The van der Waals surface area contributed by atoms with E-state index in [0.717, 1.165) is 11.1 Å². The van der Waals surface area contributed by atoms with Crippen molar-refractivity contribution in [2.45, 2.75) is 44.4 Å². The first-order valence-electron chi connectivity index (χ1n) is 12.8. The fourth-order valence-corrected chi connectivity index (χ4v) is 5.11. The quantitative estimate of drug-likeness (QED) is 0.232. The van der Waals surface area contributed by atoms with Crippen molar-refractivity contribution in [2.75, 3.05) is 25.5 Å². The van der Waals surface area contributed by atoms with E-state index in [-0.39, 0.29) is 35.5 Å². The van der Waals surface area contributed by atoms with Gasteiger partial charge in [-0.2, -0.15) is 5.10 Å². The topological polar surface area (TPSA) is 176 Å². The van der Waals surface area contributed by atoms with Crippen molar-refractivity contribution in [3.05, 3.63) is 59.9 Å². The molecular weight excluding hydrogens is 568 g/mol. The maximum atomic E-state index is 13.1. The van der Waals surface area contributed by atoms with Crippen molar-refractivity contribution in [3.63, 3.8) is 0 Å². The lowest BCUT2D eigenvalue weighted by Gasteiger charge is -2.19. The number of carbonyl (C=O) groups is 2. The van der Waals surface area contributed by atoms with Gasteiger partial charge < -0.3 is 29.4 Å². The summed E-state index contributed by atoms with van der Waals surface area (Å²) >= 11 is 0. The van der Waals surface area contributed by atoms with Gasteiger partial charge >= 0.3 is 6.09 Å². The Morgan fingerprint density at radius 1 is 1.02 bits per heavy atom. The summed E-state index contributed by atoms with van der Waals surface area (Å²) in [5.74, 6) is 0.116. The first-order chi connectivity index (χ1) is 19.9. The fraction of sp³-hybridized carbons (Fsp3) is 0.333. The summed E-state index contributed by atoms with van der Waals surface area (Å²) in [6.07, 6.45) is 2.69. The van der Waals surface area contributed by atoms with E-state index in [2.05, 4.69) is 25.6 Å². The van der Waals surface area contributed by atoms with E-state index in [1.807, 2.05) is 0 Å². The summed E-state index contributed by atoms with van der Waals surface area (Å²) in [6.45, 7) is 5.50. The molecule has 0 bridgehead atoms. The zero-order valence-corrected chi connectivity index (χ0v) is 24.6. The van der Waals surface area contributed by atoms with E-state index >= 15 is 0 Å². The maximum absolute atomic E-state index is 13.1. The van der Waals surface area contributed by atoms with Crippen LogP contribution in [0.3, 0.4) is 0 Å². The van der Waals surface area contributed by atoms with Gasteiger partial charge in [0, 0.05) is 18.3 Å². The van der Waals surface area contributed by atoms with Gasteiger partial charge in [0.1, 0.15) is 33.9 Å². The van der Waals surface area contributed by atoms with Crippen LogP contribution in [-0.4, -0.2) is 61.7 Å². The van der Waals surface area contributed by atoms with Gasteiger partial charge in [0.25, 0.3) is 10.0 Å². The molecule has 224 valence electrons. The minimum Gasteiger partial charge on any atom is -0.496 e. The molecule has 14 nitrogen and oxygen atoms in total. The number of nitrogens with zero attached hydrogens (tertiary/aromatic N) is 3. The second-order valence-corrected chi connectivity index (χ2v) is 11.8. The minimum absolute atomic E-state index is 0.0300. The molecule has 4 rings (SSSR count). The average molecular weight is 601 g/mol. The second kappa shape index (κ2) is 12.4. The number of hydrogen-bond donors (Lipinski definition) is 3. The largest absolute Gasteiger partial charge is 0.496 e. The van der Waals surface area contributed by atoms with E-state index in [9.17, 15) is 18.0 Å². The number of ether oxygens (including phenoxy) is 3. The highest BCUT2D eigenvalue weighted by atomic mass is 32.2. The summed E-state index contributed by atoms with van der Waals surface area (Å²) in [4.78, 5) is 23.7. The highest BCUT2D eigenvalue weighted by Crippen LogP contribution is 2.35. The highest BCUT2D eigenvalue weighted by molar-refractivity contribution is 7.92. The lowest BCUT2D eigenvalue weighted by Crippen LogP contribution is -2.39. The Morgan fingerprint density at radius 2 is 1.76 bits per heavy atom. The van der Waals surface area contributed by atoms with Crippen molar-refractivity contribution < 1.29 is 36.7 Å². The molecule has 0 radical (unpaired) electrons. The fourth-order valence-electron chi connectivity index (χ4n) is 3.94. The van der Waals surface area contributed by atoms with Gasteiger partial charge in [-0.15, -0.1) is 0 Å². The van der Waals surface area contributed by atoms with Crippen molar-refractivity contribution in [1.29, 1.82) is 0 Å². The Balaban J connectivity index is 1.41. The number of nitrogens with one attached hydrogen (secondary N) is 3. The summed E-state index contributed by atoms with van der Waals surface area (Å²) in [5, 5.41) is 13.7. The Kier molecular flexibility index (Phi) is 8.90. The van der Waals surface area contributed by atoms with E-state index in [4.69, 9.17) is 18.7 Å². The number of amides is 2. The number of aromatic nitrogens is 3. The molecule has 2 aromatic heterocycles. The summed E-state index contributed by atoms with van der Waals surface area (Å²) in [5.41, 5.74) is 1.13. The molecule has 0 aliphatic carbocycles. The number of sulfonamides is 1. The minimum atomic E-state index is -4.05. The third-order valence-electron chi connectivity index (χ3n) is 5.72. The molecule has 3 N–H and O–H groups in total. The number of fused-ring (bicyclic) bond motifs is 1. The molecule has 0 saturated heterocycles. The first-order valence-corrected chi connectivity index (χ1v) is 14.2. The lowest BCUT2D eigenvalue weighted by molar-refractivity contribution is -0.120. The van der Waals surface area contributed by atoms with Crippen molar-refractivity contribution in [2.24, 2.45) is 0 Å². The number of anilines is 1. The molecule has 15 heteroatoms. The Labute approximate surface area is 242 Å². The third-order valence-corrected chi connectivity index (χ3v) is 7.10. The zero-order chi connectivity index (χ0) is 30.5. The van der Waals surface area contributed by atoms with Gasteiger partial charge in [-0.25, -0.2) is 13.2 Å². The Hall–Kier alpha value is -4.79. The summed E-state index contributed by atoms with van der Waals surface area (Å²) < 4.78 is 51.5. The van der Waals surface area contributed by atoms with Gasteiger partial charge in [0.2, 0.25) is 5.91 Å². The van der Waals surface area contributed by atoms with Gasteiger partial charge in [0.05, 0.1) is 27.0 Å². The molecule has 0 spiro atoms. The smallest absolute Gasteiger partial charge is 0.408 e. The van der Waals surface area contributed by atoms with Gasteiger partial charge in [-0.3, -0.25) is 14.2 Å². The number of para-hydroxylation sites is 1. The number of benzene rings is 2. The SMILES string of the molecule is COc1ccccc1S(=O)(=O)Nc1noc2cc(Cn3cc(CNC(=O)CNC(=O)OC(C)(C)C)cn3)cc(OC)c12. The Morgan fingerprint density at radius 3 is 2.48 bits per heavy atom.